The number of nitrogens with two attached hydrogens (primary N) is 1. The van der Waals surface area contributed by atoms with Crippen molar-refractivity contribution in [2.45, 2.75) is 32.2 Å². The first-order valence-electron chi connectivity index (χ1n) is 9.48. The molecule has 28 heavy (non-hydrogen) atoms. The largest absolute Gasteiger partial charge is 0.497 e. The first-order chi connectivity index (χ1) is 13.1. The van der Waals surface area contributed by atoms with Crippen LogP contribution < -0.4 is 25.8 Å². The summed E-state index contributed by atoms with van der Waals surface area (Å²) < 4.78 is 10.9. The maximum atomic E-state index is 11.2. The highest BCUT2D eigenvalue weighted by Gasteiger charge is 2.21. The number of halogens is 1. The van der Waals surface area contributed by atoms with Gasteiger partial charge < -0.3 is 30.7 Å². The summed E-state index contributed by atoms with van der Waals surface area (Å²) in [6.45, 7) is 5.46. The zero-order chi connectivity index (χ0) is 19.5. The van der Waals surface area contributed by atoms with E-state index < -0.39 is 0 Å². The summed E-state index contributed by atoms with van der Waals surface area (Å²) in [5, 5.41) is 6.71. The van der Waals surface area contributed by atoms with Crippen molar-refractivity contribution in [3.8, 4) is 11.5 Å². The maximum Gasteiger partial charge on any atom is 0.314 e. The Hall–Kier alpha value is -1.91. The molecule has 0 radical (unpaired) electrons. The Kier molecular flexibility index (Phi) is 11.5. The number of benzene rings is 1. The van der Waals surface area contributed by atoms with Gasteiger partial charge >= 0.3 is 6.03 Å². The molecule has 0 atom stereocenters. The Labute approximate surface area is 184 Å². The van der Waals surface area contributed by atoms with Gasteiger partial charge in [-0.3, -0.25) is 4.99 Å². The van der Waals surface area contributed by atoms with Crippen LogP contribution in [-0.2, 0) is 0 Å². The summed E-state index contributed by atoms with van der Waals surface area (Å²) in [6, 6.07) is 7.53. The average molecular weight is 505 g/mol. The van der Waals surface area contributed by atoms with Gasteiger partial charge in [0.2, 0.25) is 0 Å². The number of primary amides is 1. The molecule has 2 rings (SSSR count). The van der Waals surface area contributed by atoms with E-state index in [1.54, 1.807) is 12.0 Å². The van der Waals surface area contributed by atoms with E-state index in [0.717, 1.165) is 43.3 Å². The number of nitrogens with one attached hydrogen (secondary N) is 2. The van der Waals surface area contributed by atoms with E-state index in [0.29, 0.717) is 32.3 Å². The highest BCUT2D eigenvalue weighted by molar-refractivity contribution is 14.0. The van der Waals surface area contributed by atoms with Crippen LogP contribution >= 0.6 is 24.0 Å². The quantitative estimate of drug-likeness (QED) is 0.218. The minimum Gasteiger partial charge on any atom is -0.497 e. The fourth-order valence-electron chi connectivity index (χ4n) is 2.89. The molecule has 0 unspecified atom stereocenters. The van der Waals surface area contributed by atoms with Gasteiger partial charge in [-0.15, -0.1) is 24.0 Å². The second-order valence-corrected chi connectivity index (χ2v) is 6.39. The average Bonchev–Trinajstić information content (AvgIpc) is 2.68. The number of nitrogens with zero attached hydrogens (tertiary/aromatic N) is 2. The highest BCUT2D eigenvalue weighted by atomic mass is 127. The van der Waals surface area contributed by atoms with Crippen LogP contribution in [0.25, 0.3) is 0 Å². The molecule has 0 saturated carbocycles. The molecule has 0 aliphatic carbocycles. The van der Waals surface area contributed by atoms with Crippen molar-refractivity contribution < 1.29 is 14.3 Å². The van der Waals surface area contributed by atoms with Crippen molar-refractivity contribution in [3.05, 3.63) is 24.3 Å². The summed E-state index contributed by atoms with van der Waals surface area (Å²) in [6.07, 6.45) is 2.55. The molecule has 1 saturated heterocycles. The van der Waals surface area contributed by atoms with E-state index in [1.807, 2.05) is 31.2 Å². The van der Waals surface area contributed by atoms with Gasteiger partial charge in [-0.1, -0.05) is 6.07 Å². The Morgan fingerprint density at radius 2 is 2.04 bits per heavy atom. The standard InChI is InChI=1S/C19H31N5O3.HI/c1-3-21-19(23-15-8-11-24(12-9-15)18(20)25)22-10-5-13-27-17-7-4-6-16(14-17)26-2;/h4,6-7,14-15H,3,5,8-13H2,1-2H3,(H2,20,25)(H2,21,22,23);1H. The van der Waals surface area contributed by atoms with Crippen LogP contribution in [0.5, 0.6) is 11.5 Å². The number of rotatable bonds is 8. The molecule has 1 heterocycles. The topological polar surface area (TPSA) is 101 Å². The van der Waals surface area contributed by atoms with Gasteiger partial charge in [0, 0.05) is 44.7 Å². The third-order valence-electron chi connectivity index (χ3n) is 4.37. The Morgan fingerprint density at radius 3 is 2.68 bits per heavy atom. The Balaban J connectivity index is 0.00000392. The number of methoxy groups -OCH3 is 1. The number of amides is 2. The molecule has 1 fully saturated rings. The molecule has 9 heteroatoms. The Bertz CT molecular complexity index is 621. The maximum absolute atomic E-state index is 11.2. The van der Waals surface area contributed by atoms with Gasteiger partial charge in [0.25, 0.3) is 0 Å². The summed E-state index contributed by atoms with van der Waals surface area (Å²) >= 11 is 0. The van der Waals surface area contributed by atoms with Gasteiger partial charge in [-0.25, -0.2) is 4.79 Å². The second-order valence-electron chi connectivity index (χ2n) is 6.39. The predicted molar refractivity (Wildman–Crippen MR) is 122 cm³/mol. The minimum atomic E-state index is -0.343. The molecular formula is C19H32IN5O3. The van der Waals surface area contributed by atoms with Gasteiger partial charge in [-0.05, 0) is 31.9 Å². The number of hydrogen-bond acceptors (Lipinski definition) is 4. The Morgan fingerprint density at radius 1 is 1.32 bits per heavy atom. The van der Waals surface area contributed by atoms with Crippen LogP contribution in [0.1, 0.15) is 26.2 Å². The second kappa shape index (κ2) is 13.3. The highest BCUT2D eigenvalue weighted by Crippen LogP contribution is 2.18. The van der Waals surface area contributed by atoms with Crippen LogP contribution in [0, 0.1) is 0 Å². The molecule has 2 amide bonds. The molecule has 1 aliphatic rings. The van der Waals surface area contributed by atoms with E-state index in [-0.39, 0.29) is 30.0 Å². The molecule has 158 valence electrons. The molecule has 0 spiro atoms. The molecule has 1 aromatic rings. The van der Waals surface area contributed by atoms with Crippen LogP contribution in [0.2, 0.25) is 0 Å². The molecule has 0 aromatic heterocycles. The molecule has 1 aliphatic heterocycles. The molecular weight excluding hydrogens is 473 g/mol. The van der Waals surface area contributed by atoms with E-state index >= 15 is 0 Å². The van der Waals surface area contributed by atoms with Gasteiger partial charge in [-0.2, -0.15) is 0 Å². The first kappa shape index (κ1) is 24.1. The lowest BCUT2D eigenvalue weighted by Crippen LogP contribution is -2.50. The third kappa shape index (κ3) is 8.41. The monoisotopic (exact) mass is 505 g/mol. The van der Waals surface area contributed by atoms with Gasteiger partial charge in [0.15, 0.2) is 5.96 Å². The van der Waals surface area contributed by atoms with E-state index in [4.69, 9.17) is 15.2 Å². The minimum absolute atomic E-state index is 0. The lowest BCUT2D eigenvalue weighted by atomic mass is 10.1. The van der Waals surface area contributed by atoms with Crippen molar-refractivity contribution in [1.82, 2.24) is 15.5 Å². The number of likely N-dealkylation sites (tertiary alicyclic amines) is 1. The number of carbonyl (C=O) groups is 1. The molecule has 0 bridgehead atoms. The smallest absolute Gasteiger partial charge is 0.314 e. The fourth-order valence-corrected chi connectivity index (χ4v) is 2.89. The normalized spacial score (nSPS) is 14.8. The number of piperidine rings is 1. The van der Waals surface area contributed by atoms with Crippen molar-refractivity contribution in [3.63, 3.8) is 0 Å². The van der Waals surface area contributed by atoms with Crippen LogP contribution in [-0.4, -0.2) is 62.8 Å². The van der Waals surface area contributed by atoms with E-state index in [1.165, 1.54) is 0 Å². The lowest BCUT2D eigenvalue weighted by Gasteiger charge is -2.32. The number of ether oxygens (including phenoxy) is 2. The summed E-state index contributed by atoms with van der Waals surface area (Å²) in [7, 11) is 1.64. The molecule has 4 N–H and O–H groups in total. The third-order valence-corrected chi connectivity index (χ3v) is 4.37. The van der Waals surface area contributed by atoms with Gasteiger partial charge in [0.05, 0.1) is 13.7 Å². The number of aliphatic imine (C=N–C) groups is 1. The van der Waals surface area contributed by atoms with Gasteiger partial charge in [0.1, 0.15) is 11.5 Å². The summed E-state index contributed by atoms with van der Waals surface area (Å²) in [5.74, 6) is 2.38. The first-order valence-corrected chi connectivity index (χ1v) is 9.48. The number of urea groups is 1. The zero-order valence-corrected chi connectivity index (χ0v) is 19.0. The number of carbonyl (C=O) groups excluding carboxylic acids is 1. The van der Waals surface area contributed by atoms with E-state index in [2.05, 4.69) is 15.6 Å². The predicted octanol–water partition coefficient (Wildman–Crippen LogP) is 2.18. The summed E-state index contributed by atoms with van der Waals surface area (Å²) in [5.41, 5.74) is 5.33. The molecule has 8 nitrogen and oxygen atoms in total. The van der Waals surface area contributed by atoms with Crippen LogP contribution in [0.15, 0.2) is 29.3 Å². The van der Waals surface area contributed by atoms with Crippen molar-refractivity contribution in [1.29, 1.82) is 0 Å². The van der Waals surface area contributed by atoms with Crippen LogP contribution in [0.3, 0.4) is 0 Å². The van der Waals surface area contributed by atoms with E-state index in [9.17, 15) is 4.79 Å². The fraction of sp³-hybridized carbons (Fsp3) is 0.579. The lowest BCUT2D eigenvalue weighted by molar-refractivity contribution is 0.188. The van der Waals surface area contributed by atoms with Crippen LogP contribution in [0.4, 0.5) is 4.79 Å². The molecule has 1 aromatic carbocycles. The SMILES string of the molecule is CCNC(=NCCCOc1cccc(OC)c1)NC1CCN(C(N)=O)CC1.I. The number of hydrogen-bond donors (Lipinski definition) is 3. The van der Waals surface area contributed by atoms with Crippen molar-refractivity contribution in [2.24, 2.45) is 10.7 Å². The zero-order valence-electron chi connectivity index (χ0n) is 16.6. The number of guanidine groups is 1. The van der Waals surface area contributed by atoms with Crippen molar-refractivity contribution >= 4 is 36.0 Å². The van der Waals surface area contributed by atoms with Crippen molar-refractivity contribution in [2.75, 3.05) is 39.9 Å². The summed E-state index contributed by atoms with van der Waals surface area (Å²) in [4.78, 5) is 17.5.